The fourth-order valence-electron chi connectivity index (χ4n) is 6.17. The summed E-state index contributed by atoms with van der Waals surface area (Å²) in [5.41, 5.74) is -1.50. The number of aliphatic hydroxyl groups is 6. The fourth-order valence-corrected chi connectivity index (χ4v) is 6.17. The van der Waals surface area contributed by atoms with Crippen LogP contribution in [0.4, 0.5) is 0 Å². The molecule has 0 spiro atoms. The monoisotopic (exact) mass is 418 g/mol. The first-order valence-electron chi connectivity index (χ1n) is 10.8. The first-order chi connectivity index (χ1) is 13.6. The first-order valence-corrected chi connectivity index (χ1v) is 10.8. The molecule has 10 atom stereocenters. The van der Waals surface area contributed by atoms with Crippen LogP contribution in [0.15, 0.2) is 0 Å². The molecule has 0 unspecified atom stereocenters. The van der Waals surface area contributed by atoms with Gasteiger partial charge in [-0.3, -0.25) is 0 Å². The van der Waals surface area contributed by atoms with Gasteiger partial charge in [-0.15, -0.1) is 0 Å². The van der Waals surface area contributed by atoms with Crippen molar-refractivity contribution in [3.63, 3.8) is 0 Å². The van der Waals surface area contributed by atoms with Crippen LogP contribution in [0.2, 0.25) is 0 Å². The second kappa shape index (κ2) is 8.67. The highest BCUT2D eigenvalue weighted by atomic mass is 16.7. The molecule has 0 amide bonds. The molecule has 0 aromatic rings. The van der Waals surface area contributed by atoms with Crippen molar-refractivity contribution in [3.8, 4) is 0 Å². The molecule has 170 valence electrons. The van der Waals surface area contributed by atoms with E-state index in [2.05, 4.69) is 20.8 Å². The summed E-state index contributed by atoms with van der Waals surface area (Å²) in [6.45, 7) is 5.91. The Balaban J connectivity index is 1.76. The van der Waals surface area contributed by atoms with Crippen LogP contribution in [0.3, 0.4) is 0 Å². The van der Waals surface area contributed by atoms with Gasteiger partial charge in [0.25, 0.3) is 0 Å². The van der Waals surface area contributed by atoms with Gasteiger partial charge in [-0.05, 0) is 49.4 Å². The Labute approximate surface area is 172 Å². The Kier molecular flexibility index (Phi) is 6.98. The molecule has 1 heterocycles. The van der Waals surface area contributed by atoms with E-state index < -0.39 is 48.3 Å². The van der Waals surface area contributed by atoms with Gasteiger partial charge in [0.1, 0.15) is 24.4 Å². The Hall–Kier alpha value is -0.320. The predicted molar refractivity (Wildman–Crippen MR) is 104 cm³/mol. The maximum Gasteiger partial charge on any atom is 0.186 e. The molecular weight excluding hydrogens is 380 g/mol. The molecule has 2 saturated carbocycles. The molecule has 2 aliphatic carbocycles. The maximum absolute atomic E-state index is 11.0. The average Bonchev–Trinajstić information content (AvgIpc) is 2.97. The van der Waals surface area contributed by atoms with Gasteiger partial charge in [0.15, 0.2) is 6.29 Å². The first kappa shape index (κ1) is 23.3. The van der Waals surface area contributed by atoms with Gasteiger partial charge in [-0.25, -0.2) is 0 Å². The van der Waals surface area contributed by atoms with Crippen LogP contribution in [0.5, 0.6) is 0 Å². The zero-order valence-electron chi connectivity index (χ0n) is 17.6. The summed E-state index contributed by atoms with van der Waals surface area (Å²) >= 11 is 0. The van der Waals surface area contributed by atoms with Gasteiger partial charge >= 0.3 is 0 Å². The number of hydrogen-bond donors (Lipinski definition) is 6. The Bertz CT molecular complexity index is 557. The predicted octanol–water partition coefficient (Wildman–Crippen LogP) is -0.375. The second-order valence-electron chi connectivity index (χ2n) is 9.89. The van der Waals surface area contributed by atoms with E-state index in [9.17, 15) is 30.6 Å². The third-order valence-electron chi connectivity index (χ3n) is 8.23. The largest absolute Gasteiger partial charge is 0.394 e. The quantitative estimate of drug-likeness (QED) is 0.343. The highest BCUT2D eigenvalue weighted by molar-refractivity contribution is 5.10. The molecule has 3 fully saturated rings. The Morgan fingerprint density at radius 1 is 1.03 bits per heavy atom. The van der Waals surface area contributed by atoms with Crippen LogP contribution < -0.4 is 0 Å². The minimum atomic E-state index is -1.46. The number of hydrogen-bond acceptors (Lipinski definition) is 8. The third-order valence-corrected chi connectivity index (χ3v) is 8.23. The summed E-state index contributed by atoms with van der Waals surface area (Å²) < 4.78 is 11.4. The maximum atomic E-state index is 11.0. The zero-order chi connectivity index (χ0) is 21.6. The molecule has 1 saturated heterocycles. The molecule has 0 bridgehead atoms. The molecule has 1 aliphatic heterocycles. The minimum Gasteiger partial charge on any atom is -0.394 e. The molecule has 6 N–H and O–H groups in total. The Morgan fingerprint density at radius 2 is 1.72 bits per heavy atom. The fraction of sp³-hybridized carbons (Fsp3) is 1.00. The SMILES string of the molecule is CC(C)[C@H]1CC[C@@]2(C)[C@H](CC[C@]2(O)CO)[C@@H]1CO[C@H]1O[C@@H](CO)[C@H](O)[C@@H](O)[C@H]1O. The standard InChI is InChI=1S/C21H38O8/c1-11(2)12-4-6-20(3)14(5-7-21(20,27)10-23)13(12)9-28-19-18(26)17(25)16(24)15(8-22)29-19/h11-19,22-27H,4-10H2,1-3H3/t12-,13-,14-,15+,16+,17-,18-,19+,20+,21+/m1/s1. The third kappa shape index (κ3) is 3.87. The number of aliphatic hydroxyl groups excluding tert-OH is 5. The van der Waals surface area contributed by atoms with Crippen molar-refractivity contribution in [3.05, 3.63) is 0 Å². The molecule has 8 nitrogen and oxygen atoms in total. The van der Waals surface area contributed by atoms with E-state index in [1.54, 1.807) is 0 Å². The van der Waals surface area contributed by atoms with Crippen LogP contribution in [-0.2, 0) is 9.47 Å². The molecule has 29 heavy (non-hydrogen) atoms. The highest BCUT2D eigenvalue weighted by Crippen LogP contribution is 2.61. The van der Waals surface area contributed by atoms with E-state index in [0.717, 1.165) is 19.3 Å². The molecule has 0 radical (unpaired) electrons. The van der Waals surface area contributed by atoms with E-state index in [1.807, 2.05) is 0 Å². The van der Waals surface area contributed by atoms with Crippen LogP contribution >= 0.6 is 0 Å². The van der Waals surface area contributed by atoms with Crippen molar-refractivity contribution in [2.24, 2.45) is 29.1 Å². The van der Waals surface area contributed by atoms with Crippen LogP contribution in [0.1, 0.15) is 46.5 Å². The summed E-state index contributed by atoms with van der Waals surface area (Å²) in [5, 5.41) is 60.5. The van der Waals surface area contributed by atoms with Crippen molar-refractivity contribution in [2.45, 2.75) is 82.8 Å². The normalized spacial score (nSPS) is 50.7. The summed E-state index contributed by atoms with van der Waals surface area (Å²) in [5.74, 6) is 1.03. The van der Waals surface area contributed by atoms with E-state index in [1.165, 1.54) is 0 Å². The molecule has 3 aliphatic rings. The van der Waals surface area contributed by atoms with E-state index >= 15 is 0 Å². The second-order valence-corrected chi connectivity index (χ2v) is 9.89. The minimum absolute atomic E-state index is 0.0988. The summed E-state index contributed by atoms with van der Waals surface area (Å²) in [7, 11) is 0. The van der Waals surface area contributed by atoms with Gasteiger partial charge < -0.3 is 40.1 Å². The van der Waals surface area contributed by atoms with Crippen molar-refractivity contribution >= 4 is 0 Å². The number of fused-ring (bicyclic) bond motifs is 1. The lowest BCUT2D eigenvalue weighted by Crippen LogP contribution is -2.59. The van der Waals surface area contributed by atoms with Gasteiger partial charge in [0.05, 0.1) is 25.4 Å². The highest BCUT2D eigenvalue weighted by Gasteiger charge is 2.61. The molecule has 8 heteroatoms. The van der Waals surface area contributed by atoms with Gasteiger partial charge in [0.2, 0.25) is 0 Å². The summed E-state index contributed by atoms with van der Waals surface area (Å²) in [4.78, 5) is 0. The molecule has 3 rings (SSSR count). The van der Waals surface area contributed by atoms with E-state index in [-0.39, 0.29) is 25.0 Å². The lowest BCUT2D eigenvalue weighted by atomic mass is 9.55. The zero-order valence-corrected chi connectivity index (χ0v) is 17.6. The molecule has 0 aromatic heterocycles. The average molecular weight is 419 g/mol. The van der Waals surface area contributed by atoms with Crippen molar-refractivity contribution < 1.29 is 40.1 Å². The van der Waals surface area contributed by atoms with Crippen LogP contribution in [0.25, 0.3) is 0 Å². The number of ether oxygens (including phenoxy) is 2. The van der Waals surface area contributed by atoms with Crippen LogP contribution in [-0.4, -0.2) is 86.8 Å². The Morgan fingerprint density at radius 3 is 2.31 bits per heavy atom. The summed E-state index contributed by atoms with van der Waals surface area (Å²) in [6.07, 6.45) is -3.35. The van der Waals surface area contributed by atoms with E-state index in [0.29, 0.717) is 18.3 Å². The van der Waals surface area contributed by atoms with Crippen LogP contribution in [0, 0.1) is 29.1 Å². The van der Waals surface area contributed by atoms with Crippen molar-refractivity contribution in [1.82, 2.24) is 0 Å². The lowest BCUT2D eigenvalue weighted by Gasteiger charge is -2.52. The smallest absolute Gasteiger partial charge is 0.186 e. The van der Waals surface area contributed by atoms with Gasteiger partial charge in [-0.1, -0.05) is 20.8 Å². The van der Waals surface area contributed by atoms with Crippen molar-refractivity contribution in [2.75, 3.05) is 19.8 Å². The van der Waals surface area contributed by atoms with E-state index in [4.69, 9.17) is 9.47 Å². The molecular formula is C21H38O8. The molecule has 0 aromatic carbocycles. The van der Waals surface area contributed by atoms with Crippen molar-refractivity contribution in [1.29, 1.82) is 0 Å². The summed E-state index contributed by atoms with van der Waals surface area (Å²) in [6, 6.07) is 0. The number of rotatable bonds is 6. The lowest BCUT2D eigenvalue weighted by molar-refractivity contribution is -0.306. The van der Waals surface area contributed by atoms with Gasteiger partial charge in [0, 0.05) is 5.41 Å². The topological polar surface area (TPSA) is 140 Å². The van der Waals surface area contributed by atoms with Gasteiger partial charge in [-0.2, -0.15) is 0 Å².